The van der Waals surface area contributed by atoms with Crippen molar-refractivity contribution in [2.75, 3.05) is 0 Å². The van der Waals surface area contributed by atoms with Gasteiger partial charge in [-0.15, -0.1) is 0 Å². The quantitative estimate of drug-likeness (QED) is 0.426. The van der Waals surface area contributed by atoms with E-state index in [9.17, 15) is 9.59 Å². The monoisotopic (exact) mass is 294 g/mol. The van der Waals surface area contributed by atoms with Crippen LogP contribution in [0.25, 0.3) is 11.1 Å². The fourth-order valence-electron chi connectivity index (χ4n) is 3.52. The molecule has 0 spiro atoms. The van der Waals surface area contributed by atoms with Crippen molar-refractivity contribution < 1.29 is 14.3 Å². The van der Waals surface area contributed by atoms with Gasteiger partial charge in [0.25, 0.3) is 0 Å². The number of cyclic esters (lactones) is 2. The molecule has 0 fully saturated rings. The number of hydrogen-bond acceptors (Lipinski definition) is 3. The van der Waals surface area contributed by atoms with E-state index in [-0.39, 0.29) is 0 Å². The van der Waals surface area contributed by atoms with Crippen molar-refractivity contribution in [2.24, 2.45) is 0 Å². The molecule has 0 atom stereocenters. The van der Waals surface area contributed by atoms with Gasteiger partial charge in [0, 0.05) is 0 Å². The normalized spacial score (nSPS) is 17.8. The smallest absolute Gasteiger partial charge is 0.347 e. The lowest BCUT2D eigenvalue weighted by molar-refractivity contribution is 0.0443. The Bertz CT molecular complexity index is 821. The molecule has 2 heterocycles. The van der Waals surface area contributed by atoms with Crippen molar-refractivity contribution in [2.45, 2.75) is 19.1 Å². The topological polar surface area (TPSA) is 43.4 Å². The number of hydrogen-bond donors (Lipinski definition) is 0. The summed E-state index contributed by atoms with van der Waals surface area (Å²) in [6.45, 7) is 4.60. The van der Waals surface area contributed by atoms with E-state index in [1.165, 1.54) is 10.8 Å². The second kappa shape index (κ2) is 3.92. The summed E-state index contributed by atoms with van der Waals surface area (Å²) in [5, 5.41) is 1.41. The summed E-state index contributed by atoms with van der Waals surface area (Å²) < 4.78 is 4.79. The molecule has 0 bridgehead atoms. The largest absolute Gasteiger partial charge is 0.386 e. The third-order valence-corrected chi connectivity index (χ3v) is 7.62. The first-order valence-corrected chi connectivity index (χ1v) is 10.2. The Kier molecular flexibility index (Phi) is 2.34. The number of ether oxygens (including phenoxy) is 1. The van der Waals surface area contributed by atoms with Gasteiger partial charge in [0.1, 0.15) is 0 Å². The van der Waals surface area contributed by atoms with E-state index in [1.807, 2.05) is 12.1 Å². The van der Waals surface area contributed by atoms with Crippen molar-refractivity contribution in [3.05, 3.63) is 53.1 Å². The van der Waals surface area contributed by atoms with Crippen molar-refractivity contribution in [1.29, 1.82) is 0 Å². The highest BCUT2D eigenvalue weighted by Gasteiger charge is 2.39. The van der Waals surface area contributed by atoms with Crippen LogP contribution in [0.1, 0.15) is 26.3 Å². The van der Waals surface area contributed by atoms with Crippen LogP contribution in [0.15, 0.2) is 36.4 Å². The average molecular weight is 294 g/mol. The van der Waals surface area contributed by atoms with Crippen LogP contribution < -0.4 is 5.19 Å². The van der Waals surface area contributed by atoms with Crippen LogP contribution in [-0.2, 0) is 10.8 Å². The molecular formula is C17H14O3Si. The molecule has 104 valence electrons. The van der Waals surface area contributed by atoms with Crippen molar-refractivity contribution in [3.63, 3.8) is 0 Å². The minimum atomic E-state index is -1.68. The first-order valence-electron chi connectivity index (χ1n) is 7.01. The van der Waals surface area contributed by atoms with Gasteiger partial charge in [-0.2, -0.15) is 0 Å². The zero-order valence-corrected chi connectivity index (χ0v) is 12.9. The number of esters is 2. The fraction of sp³-hybridized carbons (Fsp3) is 0.176. The van der Waals surface area contributed by atoms with E-state index in [0.29, 0.717) is 11.1 Å². The van der Waals surface area contributed by atoms with Crippen molar-refractivity contribution in [1.82, 2.24) is 0 Å². The van der Waals surface area contributed by atoms with Gasteiger partial charge < -0.3 is 4.74 Å². The molecule has 0 amide bonds. The SMILES string of the molecule is C[Si]1(C)Cc2c(ccc3c2C(=O)OC3=O)-c2ccccc21. The molecule has 0 aliphatic carbocycles. The van der Waals surface area contributed by atoms with Gasteiger partial charge in [0.2, 0.25) is 0 Å². The van der Waals surface area contributed by atoms with Gasteiger partial charge in [-0.3, -0.25) is 0 Å². The van der Waals surface area contributed by atoms with Crippen LogP contribution in [0, 0.1) is 0 Å². The van der Waals surface area contributed by atoms with Crippen LogP contribution in [0.2, 0.25) is 13.1 Å². The summed E-state index contributed by atoms with van der Waals surface area (Å²) in [6.07, 6.45) is 0. The predicted octanol–water partition coefficient (Wildman–Crippen LogP) is 2.67. The fourth-order valence-corrected chi connectivity index (χ4v) is 6.46. The maximum atomic E-state index is 12.0. The zero-order valence-electron chi connectivity index (χ0n) is 11.9. The molecule has 3 nitrogen and oxygen atoms in total. The Morgan fingerprint density at radius 3 is 2.43 bits per heavy atom. The summed E-state index contributed by atoms with van der Waals surface area (Å²) in [4.78, 5) is 23.8. The Labute approximate surface area is 123 Å². The second-order valence-corrected chi connectivity index (χ2v) is 11.0. The van der Waals surface area contributed by atoms with Crippen LogP contribution >= 0.6 is 0 Å². The first kappa shape index (κ1) is 12.5. The molecule has 2 aromatic rings. The van der Waals surface area contributed by atoms with Crippen LogP contribution in [0.4, 0.5) is 0 Å². The zero-order chi connectivity index (χ0) is 14.8. The number of rotatable bonds is 0. The summed E-state index contributed by atoms with van der Waals surface area (Å²) in [6, 6.07) is 12.9. The van der Waals surface area contributed by atoms with Gasteiger partial charge >= 0.3 is 11.9 Å². The van der Waals surface area contributed by atoms with Crippen LogP contribution in [0.5, 0.6) is 0 Å². The molecule has 0 N–H and O–H groups in total. The molecule has 0 radical (unpaired) electrons. The Morgan fingerprint density at radius 2 is 1.62 bits per heavy atom. The summed E-state index contributed by atoms with van der Waals surface area (Å²) in [7, 11) is -1.68. The Morgan fingerprint density at radius 1 is 0.905 bits per heavy atom. The molecule has 4 heteroatoms. The first-order chi connectivity index (χ1) is 9.99. The highest BCUT2D eigenvalue weighted by Crippen LogP contribution is 2.37. The standard InChI is InChI=1S/C17H14O3Si/c1-21(2)9-13-10(11-5-3-4-6-14(11)21)7-8-12-15(13)17(19)20-16(12)18/h3-8H,9H2,1-2H3. The van der Waals surface area contributed by atoms with E-state index in [2.05, 4.69) is 31.3 Å². The molecule has 0 saturated heterocycles. The average Bonchev–Trinajstić information content (AvgIpc) is 2.74. The second-order valence-electron chi connectivity index (χ2n) is 6.30. The molecule has 2 aliphatic heterocycles. The van der Waals surface area contributed by atoms with Crippen LogP contribution in [-0.4, -0.2) is 20.0 Å². The number of fused-ring (bicyclic) bond motifs is 5. The summed E-state index contributed by atoms with van der Waals surface area (Å²) in [5.41, 5.74) is 4.18. The summed E-state index contributed by atoms with van der Waals surface area (Å²) >= 11 is 0. The number of benzene rings is 2. The molecule has 2 aromatic carbocycles. The lowest BCUT2D eigenvalue weighted by Crippen LogP contribution is -2.48. The van der Waals surface area contributed by atoms with E-state index in [0.717, 1.165) is 17.2 Å². The molecule has 0 saturated carbocycles. The molecule has 0 aromatic heterocycles. The van der Waals surface area contributed by atoms with E-state index in [1.54, 1.807) is 6.07 Å². The minimum absolute atomic E-state index is 0.419. The Balaban J connectivity index is 2.08. The summed E-state index contributed by atoms with van der Waals surface area (Å²) in [5.74, 6) is -1.01. The van der Waals surface area contributed by atoms with E-state index in [4.69, 9.17) is 4.74 Å². The van der Waals surface area contributed by atoms with Gasteiger partial charge in [0.15, 0.2) is 0 Å². The van der Waals surface area contributed by atoms with Gasteiger partial charge in [-0.25, -0.2) is 9.59 Å². The maximum absolute atomic E-state index is 12.0. The highest BCUT2D eigenvalue weighted by molar-refractivity contribution is 6.90. The third-order valence-electron chi connectivity index (χ3n) is 4.49. The lowest BCUT2D eigenvalue weighted by Gasteiger charge is -2.33. The lowest BCUT2D eigenvalue weighted by atomic mass is 9.93. The van der Waals surface area contributed by atoms with Crippen molar-refractivity contribution >= 4 is 25.2 Å². The van der Waals surface area contributed by atoms with E-state index >= 15 is 0 Å². The molecule has 2 aliphatic rings. The Hall–Kier alpha value is -2.20. The van der Waals surface area contributed by atoms with Crippen LogP contribution in [0.3, 0.4) is 0 Å². The molecule has 21 heavy (non-hydrogen) atoms. The third kappa shape index (κ3) is 1.59. The van der Waals surface area contributed by atoms with Gasteiger partial charge in [-0.05, 0) is 28.8 Å². The van der Waals surface area contributed by atoms with Crippen molar-refractivity contribution in [3.8, 4) is 11.1 Å². The highest BCUT2D eigenvalue weighted by atomic mass is 28.3. The molecule has 4 rings (SSSR count). The minimum Gasteiger partial charge on any atom is -0.386 e. The van der Waals surface area contributed by atoms with Gasteiger partial charge in [-0.1, -0.05) is 48.6 Å². The predicted molar refractivity (Wildman–Crippen MR) is 82.4 cm³/mol. The van der Waals surface area contributed by atoms with E-state index < -0.39 is 20.0 Å². The maximum Gasteiger partial charge on any atom is 0.347 e. The molecule has 0 unspecified atom stereocenters. The van der Waals surface area contributed by atoms with Gasteiger partial charge in [0.05, 0.1) is 19.2 Å². The molecular weight excluding hydrogens is 280 g/mol. The number of carbonyl (C=O) groups is 2. The number of carbonyl (C=O) groups excluding carboxylic acids is 2.